The Hall–Kier alpha value is -1.03. The van der Waals surface area contributed by atoms with Crippen molar-refractivity contribution in [1.29, 1.82) is 0 Å². The van der Waals surface area contributed by atoms with Gasteiger partial charge in [0.1, 0.15) is 5.75 Å². The Morgan fingerprint density at radius 2 is 2.19 bits per heavy atom. The second kappa shape index (κ2) is 4.87. The van der Waals surface area contributed by atoms with E-state index in [4.69, 9.17) is 22.1 Å². The topological polar surface area (TPSA) is 35.2 Å². The van der Waals surface area contributed by atoms with E-state index in [0.717, 1.165) is 16.9 Å². The van der Waals surface area contributed by atoms with Crippen LogP contribution in [0.25, 0.3) is 0 Å². The summed E-state index contributed by atoms with van der Waals surface area (Å²) in [6.45, 7) is 0. The molecule has 1 unspecified atom stereocenters. The number of thiophene rings is 1. The number of ether oxygens (including phenoxy) is 1. The summed E-state index contributed by atoms with van der Waals surface area (Å²) in [5, 5.41) is 4.70. The minimum atomic E-state index is -0.168. The summed E-state index contributed by atoms with van der Waals surface area (Å²) in [6, 6.07) is 7.36. The molecule has 1 atom stereocenters. The van der Waals surface area contributed by atoms with Crippen LogP contribution in [0.1, 0.15) is 17.2 Å². The lowest BCUT2D eigenvalue weighted by atomic mass is 10.0. The van der Waals surface area contributed by atoms with Crippen LogP contribution in [0.4, 0.5) is 0 Å². The van der Waals surface area contributed by atoms with Gasteiger partial charge in [-0.3, -0.25) is 0 Å². The summed E-state index contributed by atoms with van der Waals surface area (Å²) in [7, 11) is 1.62. The van der Waals surface area contributed by atoms with Crippen molar-refractivity contribution in [3.63, 3.8) is 0 Å². The molecule has 2 aromatic rings. The van der Waals surface area contributed by atoms with Crippen molar-refractivity contribution >= 4 is 22.9 Å². The first-order valence-corrected chi connectivity index (χ1v) is 6.15. The molecule has 2 N–H and O–H groups in total. The molecule has 0 aliphatic rings. The van der Waals surface area contributed by atoms with Crippen LogP contribution in [0.5, 0.6) is 5.75 Å². The molecule has 1 aromatic carbocycles. The smallest absolute Gasteiger partial charge is 0.125 e. The summed E-state index contributed by atoms with van der Waals surface area (Å²) in [4.78, 5) is 0. The highest BCUT2D eigenvalue weighted by atomic mass is 35.5. The van der Waals surface area contributed by atoms with Gasteiger partial charge in [0.05, 0.1) is 13.2 Å². The maximum absolute atomic E-state index is 6.17. The quantitative estimate of drug-likeness (QED) is 0.909. The van der Waals surface area contributed by atoms with Crippen molar-refractivity contribution in [1.82, 2.24) is 0 Å². The van der Waals surface area contributed by atoms with Crippen LogP contribution in [-0.2, 0) is 0 Å². The van der Waals surface area contributed by atoms with Gasteiger partial charge in [-0.05, 0) is 34.5 Å². The summed E-state index contributed by atoms with van der Waals surface area (Å²) >= 11 is 7.54. The van der Waals surface area contributed by atoms with E-state index < -0.39 is 0 Å². The van der Waals surface area contributed by atoms with Crippen molar-refractivity contribution < 1.29 is 4.74 Å². The van der Waals surface area contributed by atoms with E-state index in [-0.39, 0.29) is 6.04 Å². The molecule has 0 bridgehead atoms. The minimum absolute atomic E-state index is 0.168. The van der Waals surface area contributed by atoms with E-state index in [0.29, 0.717) is 5.02 Å². The average molecular weight is 254 g/mol. The first kappa shape index (κ1) is 11.5. The molecule has 84 valence electrons. The van der Waals surface area contributed by atoms with E-state index in [1.54, 1.807) is 24.5 Å². The number of nitrogens with two attached hydrogens (primary N) is 1. The zero-order valence-electron chi connectivity index (χ0n) is 8.81. The minimum Gasteiger partial charge on any atom is -0.496 e. The first-order chi connectivity index (χ1) is 7.72. The highest BCUT2D eigenvalue weighted by molar-refractivity contribution is 7.08. The Morgan fingerprint density at radius 3 is 2.81 bits per heavy atom. The highest BCUT2D eigenvalue weighted by Gasteiger charge is 2.14. The van der Waals surface area contributed by atoms with Gasteiger partial charge in [0.15, 0.2) is 0 Å². The van der Waals surface area contributed by atoms with Gasteiger partial charge in [0, 0.05) is 10.6 Å². The zero-order valence-corrected chi connectivity index (χ0v) is 10.4. The van der Waals surface area contributed by atoms with Gasteiger partial charge in [-0.15, -0.1) is 0 Å². The van der Waals surface area contributed by atoms with Gasteiger partial charge >= 0.3 is 0 Å². The van der Waals surface area contributed by atoms with Gasteiger partial charge in [-0.2, -0.15) is 11.3 Å². The Balaban J connectivity index is 2.40. The molecule has 2 rings (SSSR count). The van der Waals surface area contributed by atoms with Gasteiger partial charge in [-0.1, -0.05) is 17.7 Å². The largest absolute Gasteiger partial charge is 0.496 e. The molecule has 0 fully saturated rings. The third kappa shape index (κ3) is 2.21. The molecule has 1 heterocycles. The van der Waals surface area contributed by atoms with Crippen LogP contribution < -0.4 is 10.5 Å². The second-order valence-electron chi connectivity index (χ2n) is 3.42. The van der Waals surface area contributed by atoms with Crippen LogP contribution in [-0.4, -0.2) is 7.11 Å². The normalized spacial score (nSPS) is 12.4. The molecule has 0 saturated carbocycles. The molecular formula is C12H12ClNOS. The van der Waals surface area contributed by atoms with Crippen molar-refractivity contribution in [3.8, 4) is 5.75 Å². The van der Waals surface area contributed by atoms with E-state index in [1.807, 2.05) is 29.0 Å². The molecule has 0 saturated heterocycles. The van der Waals surface area contributed by atoms with E-state index >= 15 is 0 Å². The molecule has 0 amide bonds. The Labute approximate surface area is 104 Å². The van der Waals surface area contributed by atoms with E-state index in [2.05, 4.69) is 0 Å². The van der Waals surface area contributed by atoms with Crippen molar-refractivity contribution in [2.45, 2.75) is 6.04 Å². The van der Waals surface area contributed by atoms with Crippen LogP contribution in [0.3, 0.4) is 0 Å². The highest BCUT2D eigenvalue weighted by Crippen LogP contribution is 2.31. The summed E-state index contributed by atoms with van der Waals surface area (Å²) < 4.78 is 5.28. The Bertz CT molecular complexity index is 470. The lowest BCUT2D eigenvalue weighted by molar-refractivity contribution is 0.408. The van der Waals surface area contributed by atoms with Gasteiger partial charge in [0.2, 0.25) is 0 Å². The number of hydrogen-bond donors (Lipinski definition) is 1. The number of hydrogen-bond acceptors (Lipinski definition) is 3. The third-order valence-electron chi connectivity index (χ3n) is 2.43. The number of benzene rings is 1. The number of halogens is 1. The van der Waals surface area contributed by atoms with Crippen LogP contribution >= 0.6 is 22.9 Å². The van der Waals surface area contributed by atoms with Crippen LogP contribution in [0, 0.1) is 0 Å². The standard InChI is InChI=1S/C12H12ClNOS/c1-15-11-6-9(13)2-3-10(11)12(14)8-4-5-16-7-8/h2-7,12H,14H2,1H3. The number of rotatable bonds is 3. The SMILES string of the molecule is COc1cc(Cl)ccc1C(N)c1ccsc1. The zero-order chi connectivity index (χ0) is 11.5. The van der Waals surface area contributed by atoms with Crippen molar-refractivity contribution in [3.05, 3.63) is 51.2 Å². The average Bonchev–Trinajstić information content (AvgIpc) is 2.81. The first-order valence-electron chi connectivity index (χ1n) is 4.83. The monoisotopic (exact) mass is 253 g/mol. The predicted molar refractivity (Wildman–Crippen MR) is 68.4 cm³/mol. The Morgan fingerprint density at radius 1 is 1.38 bits per heavy atom. The molecule has 4 heteroatoms. The molecule has 0 aliphatic heterocycles. The molecule has 0 aliphatic carbocycles. The summed E-state index contributed by atoms with van der Waals surface area (Å²) in [5.41, 5.74) is 8.21. The molecule has 0 spiro atoms. The van der Waals surface area contributed by atoms with Gasteiger partial charge in [-0.25, -0.2) is 0 Å². The van der Waals surface area contributed by atoms with Gasteiger partial charge < -0.3 is 10.5 Å². The molecular weight excluding hydrogens is 242 g/mol. The van der Waals surface area contributed by atoms with Crippen molar-refractivity contribution in [2.75, 3.05) is 7.11 Å². The van der Waals surface area contributed by atoms with E-state index in [1.165, 1.54) is 0 Å². The maximum Gasteiger partial charge on any atom is 0.125 e. The fourth-order valence-electron chi connectivity index (χ4n) is 1.57. The molecule has 16 heavy (non-hydrogen) atoms. The lowest BCUT2D eigenvalue weighted by Gasteiger charge is -2.14. The van der Waals surface area contributed by atoms with Crippen LogP contribution in [0.15, 0.2) is 35.0 Å². The number of methoxy groups -OCH3 is 1. The van der Waals surface area contributed by atoms with Gasteiger partial charge in [0.25, 0.3) is 0 Å². The van der Waals surface area contributed by atoms with Crippen LogP contribution in [0.2, 0.25) is 5.02 Å². The lowest BCUT2D eigenvalue weighted by Crippen LogP contribution is -2.12. The second-order valence-corrected chi connectivity index (χ2v) is 4.64. The summed E-state index contributed by atoms with van der Waals surface area (Å²) in [5.74, 6) is 0.728. The maximum atomic E-state index is 6.17. The summed E-state index contributed by atoms with van der Waals surface area (Å²) in [6.07, 6.45) is 0. The molecule has 0 radical (unpaired) electrons. The van der Waals surface area contributed by atoms with Crippen molar-refractivity contribution in [2.24, 2.45) is 5.73 Å². The fourth-order valence-corrected chi connectivity index (χ4v) is 2.43. The van der Waals surface area contributed by atoms with E-state index in [9.17, 15) is 0 Å². The molecule has 1 aromatic heterocycles. The predicted octanol–water partition coefficient (Wildman–Crippen LogP) is 3.46. The Kier molecular flexibility index (Phi) is 3.49. The fraction of sp³-hybridized carbons (Fsp3) is 0.167. The molecule has 2 nitrogen and oxygen atoms in total. The third-order valence-corrected chi connectivity index (χ3v) is 3.37.